The Morgan fingerprint density at radius 1 is 0.935 bits per heavy atom. The fourth-order valence-corrected chi connectivity index (χ4v) is 4.04. The maximum Gasteiger partial charge on any atom is 0.238 e. The first-order valence-corrected chi connectivity index (χ1v) is 11.4. The third kappa shape index (κ3) is 5.59. The van der Waals surface area contributed by atoms with Crippen molar-refractivity contribution in [2.75, 3.05) is 19.1 Å². The summed E-state index contributed by atoms with van der Waals surface area (Å²) in [4.78, 5) is 6.08. The van der Waals surface area contributed by atoms with E-state index in [2.05, 4.69) is 4.98 Å². The second-order valence-corrected chi connectivity index (χ2v) is 9.04. The van der Waals surface area contributed by atoms with Crippen LogP contribution in [0.3, 0.4) is 0 Å². The summed E-state index contributed by atoms with van der Waals surface area (Å²) in [5.74, 6) is 1.17. The maximum absolute atomic E-state index is 11.5. The predicted octanol–water partition coefficient (Wildman–Crippen LogP) is 4.26. The van der Waals surface area contributed by atoms with E-state index < -0.39 is 10.0 Å². The van der Waals surface area contributed by atoms with Gasteiger partial charge in [0.15, 0.2) is 11.5 Å². The zero-order valence-corrected chi connectivity index (χ0v) is 19.2. The van der Waals surface area contributed by atoms with Gasteiger partial charge in [0, 0.05) is 42.8 Å². The van der Waals surface area contributed by atoms with Crippen molar-refractivity contribution in [2.24, 2.45) is 5.14 Å². The third-order valence-electron chi connectivity index (χ3n) is 4.66. The Kier molecular flexibility index (Phi) is 7.27. The number of nitrogens with zero attached hydrogens (tertiary/aromatic N) is 2. The summed E-state index contributed by atoms with van der Waals surface area (Å²) in [7, 11) is -0.630. The lowest BCUT2D eigenvalue weighted by Crippen LogP contribution is -2.23. The number of halogens is 2. The molecule has 3 aromatic rings. The Morgan fingerprint density at radius 2 is 1.55 bits per heavy atom. The van der Waals surface area contributed by atoms with Gasteiger partial charge < -0.3 is 14.4 Å². The predicted molar refractivity (Wildman–Crippen MR) is 122 cm³/mol. The molecule has 0 saturated heterocycles. The van der Waals surface area contributed by atoms with Crippen LogP contribution < -0.4 is 19.5 Å². The Labute approximate surface area is 191 Å². The number of hydrogen-bond donors (Lipinski definition) is 1. The summed E-state index contributed by atoms with van der Waals surface area (Å²) in [5.41, 5.74) is 2.41. The van der Waals surface area contributed by atoms with E-state index in [4.69, 9.17) is 37.8 Å². The van der Waals surface area contributed by atoms with Crippen molar-refractivity contribution in [3.63, 3.8) is 0 Å². The number of primary sulfonamides is 1. The number of rotatable bonds is 8. The minimum atomic E-state index is -3.76. The zero-order chi connectivity index (χ0) is 22.6. The molecule has 0 saturated carbocycles. The van der Waals surface area contributed by atoms with Gasteiger partial charge in [-0.3, -0.25) is 4.98 Å². The smallest absolute Gasteiger partial charge is 0.238 e. The molecule has 2 N–H and O–H groups in total. The van der Waals surface area contributed by atoms with Gasteiger partial charge in [-0.25, -0.2) is 13.6 Å². The summed E-state index contributed by atoms with van der Waals surface area (Å²) in [5, 5.41) is 6.09. The molecule has 3 rings (SSSR count). The molecule has 0 unspecified atom stereocenters. The molecular weight excluding hydrogens is 461 g/mol. The molecule has 0 spiro atoms. The molecule has 2 aromatic carbocycles. The summed E-state index contributed by atoms with van der Waals surface area (Å²) in [6, 6.07) is 11.9. The second-order valence-electron chi connectivity index (χ2n) is 6.67. The minimum Gasteiger partial charge on any atom is -0.493 e. The van der Waals surface area contributed by atoms with Gasteiger partial charge in [0.05, 0.1) is 29.2 Å². The van der Waals surface area contributed by atoms with E-state index in [1.54, 1.807) is 32.4 Å². The second kappa shape index (κ2) is 9.74. The molecule has 31 heavy (non-hydrogen) atoms. The molecule has 0 aliphatic carbocycles. The van der Waals surface area contributed by atoms with Crippen molar-refractivity contribution in [2.45, 2.75) is 18.0 Å². The van der Waals surface area contributed by atoms with Crippen LogP contribution in [0.15, 0.2) is 59.8 Å². The highest BCUT2D eigenvalue weighted by Gasteiger charge is 2.16. The van der Waals surface area contributed by atoms with Gasteiger partial charge >= 0.3 is 0 Å². The SMILES string of the molecule is COc1ccc(N(Cc2ccc(S(N)(=O)=O)cc2)Cc2c(Cl)cncc2Cl)cc1OC. The molecule has 7 nitrogen and oxygen atoms in total. The van der Waals surface area contributed by atoms with Crippen LogP contribution >= 0.6 is 23.2 Å². The number of benzene rings is 2. The first-order chi connectivity index (χ1) is 14.7. The van der Waals surface area contributed by atoms with Crippen LogP contribution in [0.1, 0.15) is 11.1 Å². The van der Waals surface area contributed by atoms with Gasteiger partial charge in [0.25, 0.3) is 0 Å². The summed E-state index contributed by atoms with van der Waals surface area (Å²) in [6.07, 6.45) is 3.08. The lowest BCUT2D eigenvalue weighted by atomic mass is 10.1. The molecule has 0 fully saturated rings. The number of pyridine rings is 1. The van der Waals surface area contributed by atoms with Gasteiger partial charge in [-0.05, 0) is 29.8 Å². The molecule has 10 heteroatoms. The molecule has 164 valence electrons. The highest BCUT2D eigenvalue weighted by Crippen LogP contribution is 2.34. The number of anilines is 1. The Balaban J connectivity index is 2.00. The van der Waals surface area contributed by atoms with E-state index in [-0.39, 0.29) is 4.90 Å². The van der Waals surface area contributed by atoms with Crippen molar-refractivity contribution in [1.82, 2.24) is 4.98 Å². The molecule has 0 aliphatic heterocycles. The van der Waals surface area contributed by atoms with E-state index >= 15 is 0 Å². The van der Waals surface area contributed by atoms with Crippen LogP contribution in [-0.2, 0) is 23.1 Å². The maximum atomic E-state index is 11.5. The lowest BCUT2D eigenvalue weighted by molar-refractivity contribution is 0.355. The molecule has 0 radical (unpaired) electrons. The van der Waals surface area contributed by atoms with Gasteiger partial charge in [-0.15, -0.1) is 0 Å². The fourth-order valence-electron chi connectivity index (χ4n) is 3.04. The normalized spacial score (nSPS) is 11.3. The summed E-state index contributed by atoms with van der Waals surface area (Å²) >= 11 is 12.7. The number of aromatic nitrogens is 1. The van der Waals surface area contributed by atoms with Crippen molar-refractivity contribution in [3.8, 4) is 11.5 Å². The first kappa shape index (κ1) is 23.1. The topological polar surface area (TPSA) is 94.8 Å². The molecule has 0 bridgehead atoms. The standard InChI is InChI=1S/C21H21Cl2N3O4S/c1-29-20-8-5-15(9-21(20)30-2)26(13-17-18(22)10-25-11-19(17)23)12-14-3-6-16(7-4-14)31(24,27)28/h3-11H,12-13H2,1-2H3,(H2,24,27,28). The molecule has 0 atom stereocenters. The molecule has 1 heterocycles. The monoisotopic (exact) mass is 481 g/mol. The number of nitrogens with two attached hydrogens (primary N) is 1. The van der Waals surface area contributed by atoms with Crippen molar-refractivity contribution < 1.29 is 17.9 Å². The number of hydrogen-bond acceptors (Lipinski definition) is 6. The van der Waals surface area contributed by atoms with Crippen LogP contribution in [0.2, 0.25) is 10.0 Å². The minimum absolute atomic E-state index is 0.0501. The van der Waals surface area contributed by atoms with E-state index in [0.717, 1.165) is 11.3 Å². The Bertz CT molecular complexity index is 1150. The summed E-state index contributed by atoms with van der Waals surface area (Å²) in [6.45, 7) is 0.821. The highest BCUT2D eigenvalue weighted by atomic mass is 35.5. The zero-order valence-electron chi connectivity index (χ0n) is 16.9. The Morgan fingerprint density at radius 3 is 2.10 bits per heavy atom. The van der Waals surface area contributed by atoms with E-state index in [9.17, 15) is 8.42 Å². The molecule has 0 aliphatic rings. The van der Waals surface area contributed by atoms with Crippen molar-refractivity contribution in [3.05, 3.63) is 76.0 Å². The van der Waals surface area contributed by atoms with Gasteiger partial charge in [-0.1, -0.05) is 35.3 Å². The van der Waals surface area contributed by atoms with Gasteiger partial charge in [0.2, 0.25) is 10.0 Å². The average molecular weight is 482 g/mol. The van der Waals surface area contributed by atoms with Crippen LogP contribution in [0.25, 0.3) is 0 Å². The summed E-state index contributed by atoms with van der Waals surface area (Å²) < 4.78 is 33.8. The first-order valence-electron chi connectivity index (χ1n) is 9.09. The average Bonchev–Trinajstić information content (AvgIpc) is 2.74. The van der Waals surface area contributed by atoms with E-state index in [1.807, 2.05) is 17.0 Å². The number of sulfonamides is 1. The van der Waals surface area contributed by atoms with Gasteiger partial charge in [0.1, 0.15) is 0 Å². The lowest BCUT2D eigenvalue weighted by Gasteiger charge is -2.27. The van der Waals surface area contributed by atoms with Crippen molar-refractivity contribution >= 4 is 38.9 Å². The molecule has 0 amide bonds. The molecule has 1 aromatic heterocycles. The van der Waals surface area contributed by atoms with E-state index in [1.165, 1.54) is 24.5 Å². The highest BCUT2D eigenvalue weighted by molar-refractivity contribution is 7.89. The largest absolute Gasteiger partial charge is 0.493 e. The van der Waals surface area contributed by atoms with E-state index in [0.29, 0.717) is 40.2 Å². The fraction of sp³-hybridized carbons (Fsp3) is 0.190. The van der Waals surface area contributed by atoms with Crippen LogP contribution in [0.5, 0.6) is 11.5 Å². The van der Waals surface area contributed by atoms with Gasteiger partial charge in [-0.2, -0.15) is 0 Å². The van der Waals surface area contributed by atoms with Crippen LogP contribution in [-0.4, -0.2) is 27.6 Å². The Hall–Kier alpha value is -2.52. The van der Waals surface area contributed by atoms with Crippen molar-refractivity contribution in [1.29, 1.82) is 0 Å². The van der Waals surface area contributed by atoms with Crippen LogP contribution in [0, 0.1) is 0 Å². The molecular formula is C21H21Cl2N3O4S. The van der Waals surface area contributed by atoms with Crippen LogP contribution in [0.4, 0.5) is 5.69 Å². The quantitative estimate of drug-likeness (QED) is 0.516. The third-order valence-corrected chi connectivity index (χ3v) is 6.24. The number of methoxy groups -OCH3 is 2. The number of ether oxygens (including phenoxy) is 2.